The lowest BCUT2D eigenvalue weighted by molar-refractivity contribution is 0.0529. The topological polar surface area (TPSA) is 67.0 Å². The summed E-state index contributed by atoms with van der Waals surface area (Å²) in [6, 6.07) is 5.99. The molecule has 6 heteroatoms. The first-order chi connectivity index (χ1) is 10.3. The number of hydrogen-bond acceptors (Lipinski definition) is 3. The van der Waals surface area contributed by atoms with E-state index >= 15 is 0 Å². The Bertz CT molecular complexity index is 686. The third-order valence-corrected chi connectivity index (χ3v) is 3.30. The Balaban J connectivity index is 1.84. The smallest absolute Gasteiger partial charge is 0.407 e. The SMILES string of the molecule is CC(C)(C)OC(=O)NCCC=Cc1n[nH]c2cc(Br)ccc12. The van der Waals surface area contributed by atoms with E-state index in [4.69, 9.17) is 4.74 Å². The number of aromatic nitrogens is 2. The second-order valence-electron chi connectivity index (χ2n) is 5.92. The van der Waals surface area contributed by atoms with E-state index in [2.05, 4.69) is 31.4 Å². The summed E-state index contributed by atoms with van der Waals surface area (Å²) in [4.78, 5) is 11.5. The first-order valence-electron chi connectivity index (χ1n) is 7.12. The zero-order chi connectivity index (χ0) is 16.2. The molecule has 0 spiro atoms. The number of nitrogens with one attached hydrogen (secondary N) is 2. The molecule has 0 bridgehead atoms. The molecular formula is C16H20BrN3O2. The number of H-pyrrole nitrogens is 1. The van der Waals surface area contributed by atoms with E-state index in [1.54, 1.807) is 0 Å². The molecule has 0 radical (unpaired) electrons. The predicted molar refractivity (Wildman–Crippen MR) is 91.7 cm³/mol. The van der Waals surface area contributed by atoms with Crippen LogP contribution in [0.5, 0.6) is 0 Å². The lowest BCUT2D eigenvalue weighted by Crippen LogP contribution is -2.32. The van der Waals surface area contributed by atoms with Gasteiger partial charge in [-0.05, 0) is 51.5 Å². The lowest BCUT2D eigenvalue weighted by atomic mass is 10.2. The number of alkyl carbamates (subject to hydrolysis) is 1. The molecule has 0 saturated carbocycles. The minimum absolute atomic E-state index is 0.393. The standard InChI is InChI=1S/C16H20BrN3O2/c1-16(2,3)22-15(21)18-9-5-4-6-13-12-8-7-11(17)10-14(12)20-19-13/h4,6-8,10H,5,9H2,1-3H3,(H,18,21)(H,19,20). The van der Waals surface area contributed by atoms with Gasteiger partial charge in [-0.1, -0.05) is 22.0 Å². The third kappa shape index (κ3) is 4.87. The Morgan fingerprint density at radius 2 is 2.23 bits per heavy atom. The lowest BCUT2D eigenvalue weighted by Gasteiger charge is -2.19. The van der Waals surface area contributed by atoms with Crippen LogP contribution in [0.4, 0.5) is 4.79 Å². The van der Waals surface area contributed by atoms with Gasteiger partial charge in [0.05, 0.1) is 11.2 Å². The number of fused-ring (bicyclic) bond motifs is 1. The van der Waals surface area contributed by atoms with Crippen molar-refractivity contribution in [2.75, 3.05) is 6.54 Å². The van der Waals surface area contributed by atoms with Crippen LogP contribution in [-0.2, 0) is 4.74 Å². The summed E-state index contributed by atoms with van der Waals surface area (Å²) < 4.78 is 6.18. The normalized spacial score (nSPS) is 12.0. The first kappa shape index (κ1) is 16.5. The number of benzene rings is 1. The van der Waals surface area contributed by atoms with Gasteiger partial charge in [-0.2, -0.15) is 5.10 Å². The summed E-state index contributed by atoms with van der Waals surface area (Å²) >= 11 is 3.43. The number of carbonyl (C=O) groups excluding carboxylic acids is 1. The first-order valence-corrected chi connectivity index (χ1v) is 7.91. The Morgan fingerprint density at radius 3 is 2.95 bits per heavy atom. The molecular weight excluding hydrogens is 346 g/mol. The van der Waals surface area contributed by atoms with Crippen LogP contribution in [0.2, 0.25) is 0 Å². The number of carbonyl (C=O) groups is 1. The van der Waals surface area contributed by atoms with Crippen molar-refractivity contribution < 1.29 is 9.53 Å². The number of amides is 1. The molecule has 5 nitrogen and oxygen atoms in total. The number of hydrogen-bond donors (Lipinski definition) is 2. The Morgan fingerprint density at radius 1 is 1.45 bits per heavy atom. The fourth-order valence-corrected chi connectivity index (χ4v) is 2.27. The fraction of sp³-hybridized carbons (Fsp3) is 0.375. The molecule has 1 aromatic carbocycles. The molecule has 0 saturated heterocycles. The highest BCUT2D eigenvalue weighted by atomic mass is 79.9. The van der Waals surface area contributed by atoms with Crippen LogP contribution in [-0.4, -0.2) is 28.4 Å². The van der Waals surface area contributed by atoms with Crippen LogP contribution in [0.15, 0.2) is 28.7 Å². The minimum Gasteiger partial charge on any atom is -0.444 e. The molecule has 22 heavy (non-hydrogen) atoms. The number of aromatic amines is 1. The van der Waals surface area contributed by atoms with E-state index in [9.17, 15) is 4.79 Å². The highest BCUT2D eigenvalue weighted by Crippen LogP contribution is 2.21. The van der Waals surface area contributed by atoms with E-state index in [-0.39, 0.29) is 0 Å². The van der Waals surface area contributed by atoms with Gasteiger partial charge in [0, 0.05) is 16.4 Å². The average Bonchev–Trinajstić information content (AvgIpc) is 2.78. The zero-order valence-corrected chi connectivity index (χ0v) is 14.5. The molecule has 0 aliphatic carbocycles. The van der Waals surface area contributed by atoms with Crippen LogP contribution in [0.25, 0.3) is 17.0 Å². The number of nitrogens with zero attached hydrogens (tertiary/aromatic N) is 1. The van der Waals surface area contributed by atoms with Crippen LogP contribution >= 0.6 is 15.9 Å². The molecule has 0 atom stereocenters. The van der Waals surface area contributed by atoms with Gasteiger partial charge in [0.1, 0.15) is 5.60 Å². The molecule has 2 N–H and O–H groups in total. The quantitative estimate of drug-likeness (QED) is 0.795. The van der Waals surface area contributed by atoms with Gasteiger partial charge in [-0.15, -0.1) is 0 Å². The molecule has 0 aliphatic rings. The van der Waals surface area contributed by atoms with Crippen molar-refractivity contribution in [1.29, 1.82) is 0 Å². The predicted octanol–water partition coefficient (Wildman–Crippen LogP) is 4.25. The van der Waals surface area contributed by atoms with Crippen molar-refractivity contribution in [2.45, 2.75) is 32.8 Å². The maximum absolute atomic E-state index is 11.5. The molecule has 1 heterocycles. The second kappa shape index (κ2) is 6.96. The van der Waals surface area contributed by atoms with Gasteiger partial charge < -0.3 is 10.1 Å². The summed E-state index contributed by atoms with van der Waals surface area (Å²) in [5.41, 5.74) is 1.41. The summed E-state index contributed by atoms with van der Waals surface area (Å²) in [6.45, 7) is 6.05. The number of ether oxygens (including phenoxy) is 1. The monoisotopic (exact) mass is 365 g/mol. The highest BCUT2D eigenvalue weighted by Gasteiger charge is 2.15. The van der Waals surface area contributed by atoms with Crippen molar-refractivity contribution in [3.63, 3.8) is 0 Å². The van der Waals surface area contributed by atoms with Gasteiger partial charge in [0.2, 0.25) is 0 Å². The van der Waals surface area contributed by atoms with Gasteiger partial charge in [0.25, 0.3) is 0 Å². The van der Waals surface area contributed by atoms with Crippen LogP contribution in [0, 0.1) is 0 Å². The van der Waals surface area contributed by atoms with Gasteiger partial charge in [-0.3, -0.25) is 5.10 Å². The molecule has 1 amide bonds. The molecule has 0 fully saturated rings. The Hall–Kier alpha value is -1.82. The van der Waals surface area contributed by atoms with Crippen LogP contribution < -0.4 is 5.32 Å². The van der Waals surface area contributed by atoms with Gasteiger partial charge in [-0.25, -0.2) is 4.79 Å². The van der Waals surface area contributed by atoms with Crippen molar-refractivity contribution in [3.05, 3.63) is 34.4 Å². The molecule has 0 aliphatic heterocycles. The minimum atomic E-state index is -0.470. The number of halogens is 1. The molecule has 0 unspecified atom stereocenters. The van der Waals surface area contributed by atoms with Crippen LogP contribution in [0.1, 0.15) is 32.9 Å². The van der Waals surface area contributed by atoms with Crippen molar-refractivity contribution in [3.8, 4) is 0 Å². The molecule has 118 valence electrons. The largest absolute Gasteiger partial charge is 0.444 e. The van der Waals surface area contributed by atoms with Crippen LogP contribution in [0.3, 0.4) is 0 Å². The fourth-order valence-electron chi connectivity index (χ4n) is 1.91. The molecule has 2 aromatic rings. The summed E-state index contributed by atoms with van der Waals surface area (Å²) in [6.07, 6.45) is 4.25. The Labute approximate surface area is 138 Å². The van der Waals surface area contributed by atoms with E-state index < -0.39 is 11.7 Å². The third-order valence-electron chi connectivity index (χ3n) is 2.81. The Kier molecular flexibility index (Phi) is 5.24. The van der Waals surface area contributed by atoms with E-state index in [0.717, 1.165) is 21.1 Å². The van der Waals surface area contributed by atoms with E-state index in [1.165, 1.54) is 0 Å². The average molecular weight is 366 g/mol. The highest BCUT2D eigenvalue weighted by molar-refractivity contribution is 9.10. The number of rotatable bonds is 4. The van der Waals surface area contributed by atoms with Crippen molar-refractivity contribution in [1.82, 2.24) is 15.5 Å². The van der Waals surface area contributed by atoms with E-state index in [0.29, 0.717) is 13.0 Å². The molecule has 1 aromatic heterocycles. The summed E-state index contributed by atoms with van der Waals surface area (Å²) in [5.74, 6) is 0. The van der Waals surface area contributed by atoms with Crippen molar-refractivity contribution >= 4 is 39.0 Å². The maximum Gasteiger partial charge on any atom is 0.407 e. The second-order valence-corrected chi connectivity index (χ2v) is 6.83. The van der Waals surface area contributed by atoms with E-state index in [1.807, 2.05) is 51.1 Å². The molecule has 2 rings (SSSR count). The summed E-state index contributed by atoms with van der Waals surface area (Å²) in [7, 11) is 0. The summed E-state index contributed by atoms with van der Waals surface area (Å²) in [5, 5.41) is 11.1. The zero-order valence-electron chi connectivity index (χ0n) is 12.9. The van der Waals surface area contributed by atoms with Gasteiger partial charge >= 0.3 is 6.09 Å². The van der Waals surface area contributed by atoms with Gasteiger partial charge in [0.15, 0.2) is 0 Å². The van der Waals surface area contributed by atoms with Crippen molar-refractivity contribution in [2.24, 2.45) is 0 Å². The maximum atomic E-state index is 11.5.